The summed E-state index contributed by atoms with van der Waals surface area (Å²) in [6, 6.07) is 4.00. The van der Waals surface area contributed by atoms with Crippen LogP contribution in [0.4, 0.5) is 0 Å². The van der Waals surface area contributed by atoms with Gasteiger partial charge in [0.05, 0.1) is 7.11 Å². The molecule has 0 saturated carbocycles. The van der Waals surface area contributed by atoms with Gasteiger partial charge in [0.2, 0.25) is 5.88 Å². The normalized spacial score (nSPS) is 16.1. The van der Waals surface area contributed by atoms with E-state index in [1.54, 1.807) is 13.3 Å². The topological polar surface area (TPSA) is 37.4 Å². The molecule has 0 aromatic carbocycles. The van der Waals surface area contributed by atoms with Crippen molar-refractivity contribution < 1.29 is 4.74 Å². The average molecular weight is 249 g/mol. The Kier molecular flexibility index (Phi) is 5.42. The molecule has 2 heterocycles. The van der Waals surface area contributed by atoms with Gasteiger partial charge in [0.25, 0.3) is 0 Å². The Bertz CT molecular complexity index is 351. The van der Waals surface area contributed by atoms with Crippen LogP contribution in [0.2, 0.25) is 0 Å². The lowest BCUT2D eigenvalue weighted by Gasteiger charge is -2.14. The van der Waals surface area contributed by atoms with Crippen LogP contribution in [0.15, 0.2) is 18.3 Å². The summed E-state index contributed by atoms with van der Waals surface area (Å²) in [5, 5.41) is 3.47. The third kappa shape index (κ3) is 4.27. The van der Waals surface area contributed by atoms with Crippen molar-refractivity contribution in [3.05, 3.63) is 23.9 Å². The first-order chi connectivity index (χ1) is 8.88. The van der Waals surface area contributed by atoms with E-state index in [9.17, 15) is 0 Å². The van der Waals surface area contributed by atoms with Gasteiger partial charge in [-0.25, -0.2) is 4.98 Å². The molecule has 1 aliphatic heterocycles. The number of hydrogen-bond donors (Lipinski definition) is 1. The smallest absolute Gasteiger partial charge is 0.213 e. The lowest BCUT2D eigenvalue weighted by Crippen LogP contribution is -2.24. The van der Waals surface area contributed by atoms with Crippen LogP contribution in [0.5, 0.6) is 5.88 Å². The largest absolute Gasteiger partial charge is 0.481 e. The Morgan fingerprint density at radius 2 is 2.22 bits per heavy atom. The first kappa shape index (κ1) is 13.3. The number of rotatable bonds is 7. The fraction of sp³-hybridized carbons (Fsp3) is 0.643. The monoisotopic (exact) mass is 249 g/mol. The zero-order valence-electron chi connectivity index (χ0n) is 11.2. The van der Waals surface area contributed by atoms with Gasteiger partial charge < -0.3 is 15.0 Å². The van der Waals surface area contributed by atoms with Crippen molar-refractivity contribution in [3.63, 3.8) is 0 Å². The number of aromatic nitrogens is 1. The summed E-state index contributed by atoms with van der Waals surface area (Å²) < 4.78 is 5.10. The Morgan fingerprint density at radius 3 is 3.00 bits per heavy atom. The second-order valence-corrected chi connectivity index (χ2v) is 4.79. The van der Waals surface area contributed by atoms with Crippen LogP contribution in [0, 0.1) is 0 Å². The standard InChI is InChI=1S/C14H23N3O/c1-18-14-11-13(5-7-16-14)12-15-6-4-10-17-8-2-3-9-17/h5,7,11,15H,2-4,6,8-10,12H2,1H3. The summed E-state index contributed by atoms with van der Waals surface area (Å²) in [7, 11) is 1.65. The molecule has 0 amide bonds. The van der Waals surface area contributed by atoms with Crippen molar-refractivity contribution in [3.8, 4) is 5.88 Å². The third-order valence-corrected chi connectivity index (χ3v) is 3.36. The first-order valence-electron chi connectivity index (χ1n) is 6.80. The summed E-state index contributed by atoms with van der Waals surface area (Å²) >= 11 is 0. The summed E-state index contributed by atoms with van der Waals surface area (Å²) in [6.07, 6.45) is 5.77. The van der Waals surface area contributed by atoms with E-state index in [4.69, 9.17) is 4.74 Å². The molecule has 4 heteroatoms. The molecule has 2 rings (SSSR count). The van der Waals surface area contributed by atoms with Gasteiger partial charge in [0.15, 0.2) is 0 Å². The van der Waals surface area contributed by atoms with Gasteiger partial charge in [-0.1, -0.05) is 0 Å². The van der Waals surface area contributed by atoms with Crippen molar-refractivity contribution in [2.75, 3.05) is 33.3 Å². The van der Waals surface area contributed by atoms with E-state index in [2.05, 4.69) is 15.2 Å². The molecule has 0 radical (unpaired) electrons. The van der Waals surface area contributed by atoms with E-state index in [1.807, 2.05) is 12.1 Å². The maximum Gasteiger partial charge on any atom is 0.213 e. The number of pyridine rings is 1. The van der Waals surface area contributed by atoms with E-state index in [1.165, 1.54) is 44.5 Å². The molecule has 18 heavy (non-hydrogen) atoms. The van der Waals surface area contributed by atoms with Crippen molar-refractivity contribution >= 4 is 0 Å². The molecule has 1 aromatic rings. The fourth-order valence-corrected chi connectivity index (χ4v) is 2.34. The summed E-state index contributed by atoms with van der Waals surface area (Å²) in [4.78, 5) is 6.65. The Hall–Kier alpha value is -1.13. The van der Waals surface area contributed by atoms with Crippen molar-refractivity contribution in [1.29, 1.82) is 0 Å². The quantitative estimate of drug-likeness (QED) is 0.746. The zero-order chi connectivity index (χ0) is 12.6. The van der Waals surface area contributed by atoms with Crippen molar-refractivity contribution in [2.24, 2.45) is 0 Å². The van der Waals surface area contributed by atoms with Crippen LogP contribution in [0.3, 0.4) is 0 Å². The van der Waals surface area contributed by atoms with E-state index in [-0.39, 0.29) is 0 Å². The van der Waals surface area contributed by atoms with Gasteiger partial charge in [0.1, 0.15) is 0 Å². The molecule has 0 spiro atoms. The summed E-state index contributed by atoms with van der Waals surface area (Å²) in [6.45, 7) is 5.77. The van der Waals surface area contributed by atoms with Crippen molar-refractivity contribution in [1.82, 2.24) is 15.2 Å². The number of ether oxygens (including phenoxy) is 1. The summed E-state index contributed by atoms with van der Waals surface area (Å²) in [5.74, 6) is 0.686. The minimum absolute atomic E-state index is 0.686. The predicted octanol–water partition coefficient (Wildman–Crippen LogP) is 1.67. The Labute approximate surface area is 109 Å². The molecule has 0 atom stereocenters. The Balaban J connectivity index is 1.59. The maximum absolute atomic E-state index is 5.10. The van der Waals surface area contributed by atoms with Crippen LogP contribution in [-0.4, -0.2) is 43.2 Å². The highest BCUT2D eigenvalue weighted by molar-refractivity contribution is 5.20. The van der Waals surface area contributed by atoms with Crippen LogP contribution >= 0.6 is 0 Å². The highest BCUT2D eigenvalue weighted by Crippen LogP contribution is 2.08. The second kappa shape index (κ2) is 7.34. The highest BCUT2D eigenvalue weighted by Gasteiger charge is 2.09. The number of hydrogen-bond acceptors (Lipinski definition) is 4. The molecular weight excluding hydrogens is 226 g/mol. The van der Waals surface area contributed by atoms with Gasteiger partial charge in [-0.2, -0.15) is 0 Å². The van der Waals surface area contributed by atoms with Crippen molar-refractivity contribution in [2.45, 2.75) is 25.8 Å². The number of methoxy groups -OCH3 is 1. The van der Waals surface area contributed by atoms with E-state index in [0.717, 1.165) is 13.1 Å². The minimum atomic E-state index is 0.686. The van der Waals surface area contributed by atoms with Gasteiger partial charge in [-0.05, 0) is 57.1 Å². The summed E-state index contributed by atoms with van der Waals surface area (Å²) in [5.41, 5.74) is 1.23. The molecule has 100 valence electrons. The molecular formula is C14H23N3O. The Morgan fingerprint density at radius 1 is 1.39 bits per heavy atom. The average Bonchev–Trinajstić information content (AvgIpc) is 2.92. The molecule has 1 aliphatic rings. The lowest BCUT2D eigenvalue weighted by molar-refractivity contribution is 0.331. The molecule has 1 aromatic heterocycles. The minimum Gasteiger partial charge on any atom is -0.481 e. The molecule has 1 fully saturated rings. The lowest BCUT2D eigenvalue weighted by atomic mass is 10.2. The van der Waals surface area contributed by atoms with Gasteiger partial charge in [-0.15, -0.1) is 0 Å². The number of likely N-dealkylation sites (tertiary alicyclic amines) is 1. The highest BCUT2D eigenvalue weighted by atomic mass is 16.5. The van der Waals surface area contributed by atoms with Gasteiger partial charge in [-0.3, -0.25) is 0 Å². The van der Waals surface area contributed by atoms with Crippen LogP contribution in [0.25, 0.3) is 0 Å². The molecule has 0 unspecified atom stereocenters. The van der Waals surface area contributed by atoms with Crippen LogP contribution in [0.1, 0.15) is 24.8 Å². The number of nitrogens with one attached hydrogen (secondary N) is 1. The first-order valence-corrected chi connectivity index (χ1v) is 6.80. The number of nitrogens with zero attached hydrogens (tertiary/aromatic N) is 2. The SMILES string of the molecule is COc1cc(CNCCCN2CCCC2)ccn1. The molecule has 1 saturated heterocycles. The van der Waals surface area contributed by atoms with E-state index < -0.39 is 0 Å². The third-order valence-electron chi connectivity index (χ3n) is 3.36. The van der Waals surface area contributed by atoms with Gasteiger partial charge >= 0.3 is 0 Å². The zero-order valence-corrected chi connectivity index (χ0v) is 11.2. The maximum atomic E-state index is 5.10. The van der Waals surface area contributed by atoms with Crippen LogP contribution in [-0.2, 0) is 6.54 Å². The predicted molar refractivity (Wildman–Crippen MR) is 72.8 cm³/mol. The van der Waals surface area contributed by atoms with E-state index >= 15 is 0 Å². The molecule has 1 N–H and O–H groups in total. The molecule has 0 bridgehead atoms. The van der Waals surface area contributed by atoms with Gasteiger partial charge in [0, 0.05) is 18.8 Å². The molecule has 0 aliphatic carbocycles. The van der Waals surface area contributed by atoms with E-state index in [0.29, 0.717) is 5.88 Å². The van der Waals surface area contributed by atoms with Crippen LogP contribution < -0.4 is 10.1 Å². The fourth-order valence-electron chi connectivity index (χ4n) is 2.34. The molecule has 4 nitrogen and oxygen atoms in total. The second-order valence-electron chi connectivity index (χ2n) is 4.79.